The van der Waals surface area contributed by atoms with Crippen LogP contribution in [-0.2, 0) is 4.79 Å². The van der Waals surface area contributed by atoms with Crippen molar-refractivity contribution in [3.63, 3.8) is 0 Å². The molecule has 18 heavy (non-hydrogen) atoms. The smallest absolute Gasteiger partial charge is 0.241 e. The lowest BCUT2D eigenvalue weighted by atomic mass is 10.0. The molecule has 1 aromatic rings. The number of halogens is 1. The highest BCUT2D eigenvalue weighted by atomic mass is 35.5. The largest absolute Gasteiger partial charge is 0.345 e. The van der Waals surface area contributed by atoms with Gasteiger partial charge in [-0.1, -0.05) is 17.7 Å². The topological polar surface area (TPSA) is 56.4 Å². The maximum absolute atomic E-state index is 12.4. The van der Waals surface area contributed by atoms with Gasteiger partial charge in [-0.2, -0.15) is 0 Å². The van der Waals surface area contributed by atoms with E-state index in [1.807, 2.05) is 6.07 Å². The molecule has 1 aromatic carbocycles. The second-order valence-corrected chi connectivity index (χ2v) is 5.04. The van der Waals surface area contributed by atoms with E-state index in [-0.39, 0.29) is 18.0 Å². The second kappa shape index (κ2) is 4.47. The highest BCUT2D eigenvalue weighted by Gasteiger charge is 2.42. The Hall–Kier alpha value is -1.21. The average Bonchev–Trinajstić information content (AvgIpc) is 2.77. The maximum Gasteiger partial charge on any atom is 0.241 e. The zero-order valence-electron chi connectivity index (χ0n) is 9.31. The van der Waals surface area contributed by atoms with Crippen LogP contribution in [0.25, 0.3) is 0 Å². The van der Waals surface area contributed by atoms with Gasteiger partial charge in [-0.15, -0.1) is 0 Å². The number of hydrogen-bond acceptors (Lipinski definition) is 4. The molecule has 3 N–H and O–H groups in total. The number of hydrazine groups is 1. The van der Waals surface area contributed by atoms with Crippen LogP contribution in [0.5, 0.6) is 0 Å². The predicted molar refractivity (Wildman–Crippen MR) is 73.1 cm³/mol. The van der Waals surface area contributed by atoms with E-state index in [9.17, 15) is 4.79 Å². The van der Waals surface area contributed by atoms with Crippen molar-refractivity contribution in [1.29, 1.82) is 0 Å². The SMILES string of the molecule is O=C1C2CNNC2NC(=S)N1c1cccc(Cl)c1. The van der Waals surface area contributed by atoms with Crippen LogP contribution in [0.2, 0.25) is 5.02 Å². The summed E-state index contributed by atoms with van der Waals surface area (Å²) in [5.41, 5.74) is 6.62. The van der Waals surface area contributed by atoms with Crippen LogP contribution in [0.15, 0.2) is 24.3 Å². The Morgan fingerprint density at radius 1 is 1.44 bits per heavy atom. The lowest BCUT2D eigenvalue weighted by molar-refractivity contribution is -0.122. The van der Waals surface area contributed by atoms with Crippen molar-refractivity contribution in [3.8, 4) is 0 Å². The Morgan fingerprint density at radius 2 is 2.28 bits per heavy atom. The molecule has 2 fully saturated rings. The van der Waals surface area contributed by atoms with Crippen LogP contribution in [0.3, 0.4) is 0 Å². The van der Waals surface area contributed by atoms with Gasteiger partial charge >= 0.3 is 0 Å². The van der Waals surface area contributed by atoms with Crippen molar-refractivity contribution < 1.29 is 4.79 Å². The molecule has 0 spiro atoms. The normalized spacial score (nSPS) is 27.1. The second-order valence-electron chi connectivity index (χ2n) is 4.21. The number of amides is 1. The third-order valence-electron chi connectivity index (χ3n) is 3.07. The molecule has 2 atom stereocenters. The van der Waals surface area contributed by atoms with E-state index >= 15 is 0 Å². The first kappa shape index (κ1) is 11.9. The first-order valence-corrected chi connectivity index (χ1v) is 6.34. The summed E-state index contributed by atoms with van der Waals surface area (Å²) in [6.45, 7) is 0.580. The summed E-state index contributed by atoms with van der Waals surface area (Å²) in [6.07, 6.45) is -0.138. The molecule has 0 bridgehead atoms. The molecule has 94 valence electrons. The number of fused-ring (bicyclic) bond motifs is 1. The van der Waals surface area contributed by atoms with Crippen molar-refractivity contribution in [2.24, 2.45) is 5.92 Å². The predicted octanol–water partition coefficient (Wildman–Crippen LogP) is 0.611. The van der Waals surface area contributed by atoms with Gasteiger partial charge in [-0.05, 0) is 30.4 Å². The average molecular weight is 283 g/mol. The Balaban J connectivity index is 1.96. The van der Waals surface area contributed by atoms with Gasteiger partial charge in [0, 0.05) is 11.6 Å². The summed E-state index contributed by atoms with van der Waals surface area (Å²) in [4.78, 5) is 13.9. The molecular formula is C11H11ClN4OS. The maximum atomic E-state index is 12.4. The molecule has 0 saturated carbocycles. The van der Waals surface area contributed by atoms with E-state index in [1.54, 1.807) is 18.2 Å². The van der Waals surface area contributed by atoms with Gasteiger partial charge < -0.3 is 5.32 Å². The van der Waals surface area contributed by atoms with Crippen LogP contribution >= 0.6 is 23.8 Å². The quantitative estimate of drug-likeness (QED) is 0.659. The van der Waals surface area contributed by atoms with Crippen molar-refractivity contribution in [2.75, 3.05) is 11.4 Å². The number of hydrogen-bond donors (Lipinski definition) is 3. The molecule has 2 aliphatic heterocycles. The fourth-order valence-corrected chi connectivity index (χ4v) is 2.69. The minimum absolute atomic E-state index is 0.0245. The Bertz CT molecular complexity index is 524. The first-order chi connectivity index (χ1) is 8.66. The molecule has 0 aliphatic carbocycles. The summed E-state index contributed by atoms with van der Waals surface area (Å²) in [6, 6.07) is 7.10. The van der Waals surface area contributed by atoms with E-state index in [1.165, 1.54) is 4.90 Å². The molecule has 2 heterocycles. The van der Waals surface area contributed by atoms with E-state index in [0.717, 1.165) is 0 Å². The summed E-state index contributed by atoms with van der Waals surface area (Å²) < 4.78 is 0. The van der Waals surface area contributed by atoms with Crippen LogP contribution < -0.4 is 21.1 Å². The third kappa shape index (κ3) is 1.87. The number of rotatable bonds is 1. The number of thiocarbonyl (C=S) groups is 1. The third-order valence-corrected chi connectivity index (χ3v) is 3.60. The van der Waals surface area contributed by atoms with Gasteiger partial charge in [0.1, 0.15) is 6.17 Å². The molecule has 3 rings (SSSR count). The lowest BCUT2D eigenvalue weighted by Gasteiger charge is -2.35. The highest BCUT2D eigenvalue weighted by molar-refractivity contribution is 7.80. The minimum Gasteiger partial charge on any atom is -0.345 e. The summed E-state index contributed by atoms with van der Waals surface area (Å²) in [7, 11) is 0. The number of carbonyl (C=O) groups excluding carboxylic acids is 1. The minimum atomic E-state index is -0.171. The van der Waals surface area contributed by atoms with Gasteiger partial charge in [-0.3, -0.25) is 15.1 Å². The molecule has 7 heteroatoms. The number of benzene rings is 1. The van der Waals surface area contributed by atoms with Gasteiger partial charge in [0.05, 0.1) is 11.6 Å². The van der Waals surface area contributed by atoms with Crippen molar-refractivity contribution >= 4 is 40.5 Å². The molecular weight excluding hydrogens is 272 g/mol. The molecule has 0 aromatic heterocycles. The molecule has 0 radical (unpaired) electrons. The van der Waals surface area contributed by atoms with Gasteiger partial charge in [0.25, 0.3) is 0 Å². The van der Waals surface area contributed by atoms with E-state index in [2.05, 4.69) is 16.2 Å². The van der Waals surface area contributed by atoms with Crippen molar-refractivity contribution in [3.05, 3.63) is 29.3 Å². The highest BCUT2D eigenvalue weighted by Crippen LogP contribution is 2.25. The zero-order valence-corrected chi connectivity index (χ0v) is 10.9. The zero-order chi connectivity index (χ0) is 12.7. The van der Waals surface area contributed by atoms with E-state index in [0.29, 0.717) is 22.4 Å². The number of nitrogens with one attached hydrogen (secondary N) is 3. The van der Waals surface area contributed by atoms with Gasteiger partial charge in [-0.25, -0.2) is 5.43 Å². The fraction of sp³-hybridized carbons (Fsp3) is 0.273. The fourth-order valence-electron chi connectivity index (χ4n) is 2.19. The standard InChI is InChI=1S/C11H11ClN4OS/c12-6-2-1-3-7(4-6)16-10(17)8-5-13-15-9(8)14-11(16)18/h1-4,8-9,13,15H,5H2,(H,14,18). The van der Waals surface area contributed by atoms with E-state index < -0.39 is 0 Å². The van der Waals surface area contributed by atoms with Crippen LogP contribution in [0.4, 0.5) is 5.69 Å². The van der Waals surface area contributed by atoms with Crippen LogP contribution in [0.1, 0.15) is 0 Å². The Kier molecular flexibility index (Phi) is 2.95. The Morgan fingerprint density at radius 3 is 3.06 bits per heavy atom. The lowest BCUT2D eigenvalue weighted by Crippen LogP contribution is -2.62. The number of nitrogens with zero attached hydrogens (tertiary/aromatic N) is 1. The summed E-state index contributed by atoms with van der Waals surface area (Å²) >= 11 is 11.2. The molecule has 5 nitrogen and oxygen atoms in total. The Labute approximate surface area is 114 Å². The van der Waals surface area contributed by atoms with Crippen LogP contribution in [0, 0.1) is 5.92 Å². The van der Waals surface area contributed by atoms with Crippen LogP contribution in [-0.4, -0.2) is 23.7 Å². The summed E-state index contributed by atoms with van der Waals surface area (Å²) in [5.74, 6) is -0.195. The monoisotopic (exact) mass is 282 g/mol. The molecule has 1 amide bonds. The molecule has 2 unspecified atom stereocenters. The van der Waals surface area contributed by atoms with E-state index in [4.69, 9.17) is 23.8 Å². The van der Waals surface area contributed by atoms with Gasteiger partial charge in [0.2, 0.25) is 5.91 Å². The number of carbonyl (C=O) groups is 1. The van der Waals surface area contributed by atoms with Crippen molar-refractivity contribution in [2.45, 2.75) is 6.17 Å². The first-order valence-electron chi connectivity index (χ1n) is 5.55. The molecule has 2 saturated heterocycles. The van der Waals surface area contributed by atoms with Gasteiger partial charge in [0.15, 0.2) is 5.11 Å². The van der Waals surface area contributed by atoms with Crippen molar-refractivity contribution in [1.82, 2.24) is 16.2 Å². The number of anilines is 1. The summed E-state index contributed by atoms with van der Waals surface area (Å²) in [5, 5.41) is 4.06. The molecule has 2 aliphatic rings.